The summed E-state index contributed by atoms with van der Waals surface area (Å²) in [6.07, 6.45) is 11.6. The van der Waals surface area contributed by atoms with Gasteiger partial charge in [-0.15, -0.1) is 0 Å². The molecule has 2 aliphatic heterocycles. The summed E-state index contributed by atoms with van der Waals surface area (Å²) in [4.78, 5) is 15.3. The van der Waals surface area contributed by atoms with Crippen LogP contribution in [0.25, 0.3) is 0 Å². The Kier molecular flexibility index (Phi) is 6.15. The molecule has 6 fully saturated rings. The molecule has 4 bridgehead atoms. The van der Waals surface area contributed by atoms with Crippen molar-refractivity contribution in [3.05, 3.63) is 0 Å². The number of hydrogen-bond acceptors (Lipinski definition) is 4. The lowest BCUT2D eigenvalue weighted by atomic mass is 9.54. The second kappa shape index (κ2) is 8.70. The Hall–Kier alpha value is -0.660. The maximum Gasteiger partial charge on any atom is 0.223 e. The van der Waals surface area contributed by atoms with E-state index < -0.39 is 10.0 Å². The first kappa shape index (κ1) is 21.2. The van der Waals surface area contributed by atoms with Gasteiger partial charge in [-0.1, -0.05) is 6.42 Å². The van der Waals surface area contributed by atoms with Crippen LogP contribution in [0.1, 0.15) is 64.2 Å². The first-order valence-electron chi connectivity index (χ1n) is 12.5. The molecule has 7 heteroatoms. The third-order valence-corrected chi connectivity index (χ3v) is 10.7. The van der Waals surface area contributed by atoms with Crippen LogP contribution in [0.2, 0.25) is 0 Å². The van der Waals surface area contributed by atoms with Gasteiger partial charge in [0.15, 0.2) is 0 Å². The zero-order valence-electron chi connectivity index (χ0n) is 18.3. The third kappa shape index (κ3) is 4.44. The lowest BCUT2D eigenvalue weighted by molar-refractivity contribution is -0.130. The van der Waals surface area contributed by atoms with Crippen LogP contribution in [0.5, 0.6) is 0 Å². The predicted octanol–water partition coefficient (Wildman–Crippen LogP) is 2.46. The van der Waals surface area contributed by atoms with Gasteiger partial charge in [-0.25, -0.2) is 12.7 Å². The molecule has 1 N–H and O–H groups in total. The molecule has 30 heavy (non-hydrogen) atoms. The lowest BCUT2D eigenvalue weighted by Crippen LogP contribution is -2.57. The van der Waals surface area contributed by atoms with Crippen molar-refractivity contribution in [1.82, 2.24) is 14.5 Å². The molecule has 6 aliphatic rings. The van der Waals surface area contributed by atoms with Gasteiger partial charge in [-0.05, 0) is 94.5 Å². The number of hydrogen-bond donors (Lipinski definition) is 1. The molecule has 6 rings (SSSR count). The molecule has 0 spiro atoms. The van der Waals surface area contributed by atoms with E-state index in [-0.39, 0.29) is 17.6 Å². The molecular formula is C23H39N3O3S. The Morgan fingerprint density at radius 2 is 1.43 bits per heavy atom. The average Bonchev–Trinajstić information content (AvgIpc) is 2.75. The molecule has 2 saturated heterocycles. The molecule has 170 valence electrons. The van der Waals surface area contributed by atoms with E-state index >= 15 is 0 Å². The van der Waals surface area contributed by atoms with Crippen molar-refractivity contribution < 1.29 is 13.2 Å². The van der Waals surface area contributed by atoms with Crippen LogP contribution >= 0.6 is 0 Å². The van der Waals surface area contributed by atoms with Gasteiger partial charge in [0.05, 0.1) is 5.75 Å². The minimum Gasteiger partial charge on any atom is -0.353 e. The van der Waals surface area contributed by atoms with Gasteiger partial charge < -0.3 is 10.2 Å². The minimum absolute atomic E-state index is 0.0178. The van der Waals surface area contributed by atoms with Gasteiger partial charge in [-0.2, -0.15) is 0 Å². The number of carbonyl (C=O) groups excluding carboxylic acids is 1. The van der Waals surface area contributed by atoms with Gasteiger partial charge in [-0.3, -0.25) is 4.79 Å². The fourth-order valence-corrected chi connectivity index (χ4v) is 8.91. The maximum absolute atomic E-state index is 13.0. The number of piperidine rings is 2. The molecule has 0 aromatic rings. The molecule has 4 aliphatic carbocycles. The van der Waals surface area contributed by atoms with E-state index in [9.17, 15) is 13.2 Å². The fraction of sp³-hybridized carbons (Fsp3) is 0.957. The molecular weight excluding hydrogens is 398 g/mol. The van der Waals surface area contributed by atoms with E-state index in [0.717, 1.165) is 24.9 Å². The fourth-order valence-electron chi connectivity index (χ4n) is 7.40. The van der Waals surface area contributed by atoms with Gasteiger partial charge in [0.2, 0.25) is 15.9 Å². The van der Waals surface area contributed by atoms with Crippen LogP contribution in [0.4, 0.5) is 0 Å². The Bertz CT molecular complexity index is 698. The van der Waals surface area contributed by atoms with Gasteiger partial charge in [0.1, 0.15) is 0 Å². The van der Waals surface area contributed by atoms with Gasteiger partial charge >= 0.3 is 0 Å². The summed E-state index contributed by atoms with van der Waals surface area (Å²) in [5, 5.41) is 3.44. The first-order valence-corrected chi connectivity index (χ1v) is 14.1. The largest absolute Gasteiger partial charge is 0.353 e. The van der Waals surface area contributed by atoms with E-state index in [0.29, 0.717) is 50.4 Å². The number of amides is 1. The summed E-state index contributed by atoms with van der Waals surface area (Å²) in [6, 6.07) is 0.386. The molecule has 2 heterocycles. The van der Waals surface area contributed by atoms with Crippen LogP contribution < -0.4 is 5.32 Å². The monoisotopic (exact) mass is 437 g/mol. The second-order valence-corrected chi connectivity index (χ2v) is 12.9. The molecule has 0 aromatic heterocycles. The van der Waals surface area contributed by atoms with Crippen molar-refractivity contribution in [2.24, 2.45) is 29.6 Å². The van der Waals surface area contributed by atoms with Crippen molar-refractivity contribution in [3.8, 4) is 0 Å². The van der Waals surface area contributed by atoms with Crippen LogP contribution in [0, 0.1) is 29.6 Å². The van der Waals surface area contributed by atoms with Crippen LogP contribution in [-0.4, -0.2) is 68.0 Å². The lowest BCUT2D eigenvalue weighted by Gasteiger charge is -2.54. The molecule has 6 nitrogen and oxygen atoms in total. The highest BCUT2D eigenvalue weighted by Gasteiger charge is 2.49. The van der Waals surface area contributed by atoms with Crippen molar-refractivity contribution in [2.75, 3.05) is 38.5 Å². The van der Waals surface area contributed by atoms with E-state index in [4.69, 9.17) is 0 Å². The zero-order valence-corrected chi connectivity index (χ0v) is 19.1. The van der Waals surface area contributed by atoms with E-state index in [1.807, 2.05) is 0 Å². The molecule has 0 unspecified atom stereocenters. The molecule has 0 aromatic carbocycles. The SMILES string of the molecule is O=C(NC1C2CC3CC(C2)CC1C3)C1CCN(S(=O)(=O)CCN2CCCCC2)CC1. The Morgan fingerprint density at radius 1 is 0.833 bits per heavy atom. The van der Waals surface area contributed by atoms with Gasteiger partial charge in [0, 0.05) is 31.6 Å². The number of carbonyl (C=O) groups is 1. The van der Waals surface area contributed by atoms with Crippen molar-refractivity contribution in [1.29, 1.82) is 0 Å². The Labute approximate surface area is 182 Å². The quantitative estimate of drug-likeness (QED) is 0.693. The van der Waals surface area contributed by atoms with Gasteiger partial charge in [0.25, 0.3) is 0 Å². The smallest absolute Gasteiger partial charge is 0.223 e. The molecule has 0 radical (unpaired) electrons. The highest BCUT2D eigenvalue weighted by molar-refractivity contribution is 7.89. The van der Waals surface area contributed by atoms with Crippen molar-refractivity contribution >= 4 is 15.9 Å². The molecule has 0 atom stereocenters. The second-order valence-electron chi connectivity index (χ2n) is 10.9. The summed E-state index contributed by atoms with van der Waals surface area (Å²) in [7, 11) is -3.21. The topological polar surface area (TPSA) is 69.7 Å². The summed E-state index contributed by atoms with van der Waals surface area (Å²) in [6.45, 7) is 3.71. The highest BCUT2D eigenvalue weighted by Crippen LogP contribution is 2.53. The highest BCUT2D eigenvalue weighted by atomic mass is 32.2. The van der Waals surface area contributed by atoms with E-state index in [2.05, 4.69) is 10.2 Å². The summed E-state index contributed by atoms with van der Waals surface area (Å²) < 4.78 is 27.2. The van der Waals surface area contributed by atoms with E-state index in [1.165, 1.54) is 51.4 Å². The Balaban J connectivity index is 1.09. The number of sulfonamides is 1. The molecule has 4 saturated carbocycles. The minimum atomic E-state index is -3.21. The first-order chi connectivity index (χ1) is 14.5. The Morgan fingerprint density at radius 3 is 2.03 bits per heavy atom. The van der Waals surface area contributed by atoms with Crippen LogP contribution in [0.15, 0.2) is 0 Å². The average molecular weight is 438 g/mol. The predicted molar refractivity (Wildman–Crippen MR) is 117 cm³/mol. The van der Waals surface area contributed by atoms with Crippen LogP contribution in [0.3, 0.4) is 0 Å². The number of nitrogens with zero attached hydrogens (tertiary/aromatic N) is 2. The summed E-state index contributed by atoms with van der Waals surface area (Å²) >= 11 is 0. The van der Waals surface area contributed by atoms with Crippen LogP contribution in [-0.2, 0) is 14.8 Å². The summed E-state index contributed by atoms with van der Waals surface area (Å²) in [5.74, 6) is 3.62. The number of nitrogens with one attached hydrogen (secondary N) is 1. The third-order valence-electron chi connectivity index (χ3n) is 8.87. The van der Waals surface area contributed by atoms with E-state index in [1.54, 1.807) is 4.31 Å². The summed E-state index contributed by atoms with van der Waals surface area (Å²) in [5.41, 5.74) is 0. The number of likely N-dealkylation sites (tertiary alicyclic amines) is 1. The maximum atomic E-state index is 13.0. The van der Waals surface area contributed by atoms with Crippen molar-refractivity contribution in [3.63, 3.8) is 0 Å². The van der Waals surface area contributed by atoms with Crippen molar-refractivity contribution in [2.45, 2.75) is 70.3 Å². The number of rotatable bonds is 6. The zero-order chi connectivity index (χ0) is 20.7. The standard InChI is InChI=1S/C23H39N3O3S/c27-23(24-22-20-13-17-12-18(15-20)16-21(22)14-17)19-4-8-26(9-5-19)30(28,29)11-10-25-6-2-1-3-7-25/h17-22H,1-16H2,(H,24,27). The normalized spacial score (nSPS) is 38.1. The molecule has 1 amide bonds.